The Morgan fingerprint density at radius 2 is 0.796 bits per heavy atom. The van der Waals surface area contributed by atoms with Crippen molar-refractivity contribution >= 4 is 49.4 Å². The maximum absolute atomic E-state index is 14.6. The zero-order valence-corrected chi connectivity index (χ0v) is 63.9. The van der Waals surface area contributed by atoms with Gasteiger partial charge in [-0.3, -0.25) is 38.1 Å². The quantitative estimate of drug-likeness (QED) is 0.0143. The number of primary amides is 1. The number of carbonyl (C=O) groups excluding carboxylic acids is 7. The Morgan fingerprint density at radius 3 is 1.12 bits per heavy atom. The predicted molar refractivity (Wildman–Crippen MR) is 386 cm³/mol. The number of carbonyl (C=O) groups is 7. The SMILES string of the molecule is CCCCCCCCCCC[C@H](CC(=O)N[C@H]1[C@@H](OC[C@H](NC(=O)C[C@@H](CCCCCCCCCCC)OC(=O)CCCCC)C(N)=O)O[C@H](CO)[C@@H](OP(=O)(O)O)[C@@H]1OC(=O)C[C@@H](CCCCCCCCCCC)OC(=O)CCCCC)OC(=O)CCCCC.CCN(CC)CC. The topological polar surface area (TPSA) is 315 Å². The normalized spacial score (nSPS) is 17.4. The molecule has 0 radical (unpaired) electrons. The van der Waals surface area contributed by atoms with E-state index in [0.717, 1.165) is 141 Å². The van der Waals surface area contributed by atoms with Gasteiger partial charge in [0.2, 0.25) is 17.7 Å². The van der Waals surface area contributed by atoms with Crippen LogP contribution in [0.1, 0.15) is 351 Å². The summed E-state index contributed by atoms with van der Waals surface area (Å²) < 4.78 is 54.2. The Bertz CT molecular complexity index is 2060. The molecule has 7 N–H and O–H groups in total. The van der Waals surface area contributed by atoms with Gasteiger partial charge in [-0.2, -0.15) is 0 Å². The fourth-order valence-electron chi connectivity index (χ4n) is 12.1. The molecule has 0 spiro atoms. The van der Waals surface area contributed by atoms with Gasteiger partial charge in [-0.05, 0) is 77.4 Å². The van der Waals surface area contributed by atoms with Crippen molar-refractivity contribution in [2.45, 2.75) is 406 Å². The number of hydrogen-bond acceptors (Lipinski definition) is 17. The summed E-state index contributed by atoms with van der Waals surface area (Å²) in [5.41, 5.74) is 5.90. The zero-order valence-electron chi connectivity index (χ0n) is 63.0. The van der Waals surface area contributed by atoms with Gasteiger partial charge >= 0.3 is 31.7 Å². The first-order valence-corrected chi connectivity index (χ1v) is 40.7. The number of unbranched alkanes of at least 4 members (excludes halogenated alkanes) is 30. The minimum absolute atomic E-state index is 0.119. The van der Waals surface area contributed by atoms with Crippen LogP contribution in [-0.2, 0) is 71.1 Å². The predicted octanol–water partition coefficient (Wildman–Crippen LogP) is 15.3. The van der Waals surface area contributed by atoms with Gasteiger partial charge in [-0.1, -0.05) is 255 Å². The molecule has 1 aliphatic rings. The van der Waals surface area contributed by atoms with E-state index in [-0.39, 0.29) is 25.7 Å². The second kappa shape index (κ2) is 63.0. The van der Waals surface area contributed by atoms with Crippen LogP contribution in [-0.4, -0.2) is 149 Å². The van der Waals surface area contributed by atoms with Crippen LogP contribution in [0.25, 0.3) is 0 Å². The van der Waals surface area contributed by atoms with E-state index in [1.165, 1.54) is 71.0 Å². The molecule has 1 heterocycles. The van der Waals surface area contributed by atoms with Gasteiger partial charge < -0.3 is 64.6 Å². The number of rotatable bonds is 64. The monoisotopic (exact) mass is 1420 g/mol. The smallest absolute Gasteiger partial charge is 0.462 e. The number of nitrogens with one attached hydrogen (secondary N) is 2. The van der Waals surface area contributed by atoms with Crippen molar-refractivity contribution < 1.29 is 86.0 Å². The lowest BCUT2D eigenvalue weighted by Gasteiger charge is -2.45. The average Bonchev–Trinajstić information content (AvgIpc) is 0.781. The molecule has 576 valence electrons. The Labute approximate surface area is 593 Å². The number of ether oxygens (including phenoxy) is 6. The number of phosphoric ester groups is 1. The number of hydrogen-bond donors (Lipinski definition) is 6. The molecule has 1 rings (SSSR count). The van der Waals surface area contributed by atoms with Crippen molar-refractivity contribution in [1.29, 1.82) is 0 Å². The summed E-state index contributed by atoms with van der Waals surface area (Å²) in [5, 5.41) is 16.2. The number of phosphoric acid groups is 1. The molecule has 1 aliphatic heterocycles. The molecule has 0 unspecified atom stereocenters. The second-order valence-electron chi connectivity index (χ2n) is 27.0. The van der Waals surface area contributed by atoms with Crippen molar-refractivity contribution in [2.24, 2.45) is 5.73 Å². The number of amides is 3. The zero-order chi connectivity index (χ0) is 73.0. The fourth-order valence-corrected chi connectivity index (χ4v) is 12.6. The summed E-state index contributed by atoms with van der Waals surface area (Å²) in [6.45, 7) is 20.9. The minimum Gasteiger partial charge on any atom is -0.462 e. The van der Waals surface area contributed by atoms with Crippen LogP contribution >= 0.6 is 7.82 Å². The number of esters is 4. The van der Waals surface area contributed by atoms with E-state index in [1.807, 2.05) is 20.8 Å². The molecule has 23 heteroatoms. The Balaban J connectivity index is 0.0000127. The molecular weight excluding hydrogens is 1280 g/mol. The van der Waals surface area contributed by atoms with Crippen LogP contribution < -0.4 is 16.4 Å². The summed E-state index contributed by atoms with van der Waals surface area (Å²) >= 11 is 0. The van der Waals surface area contributed by atoms with Gasteiger partial charge in [-0.15, -0.1) is 0 Å². The maximum Gasteiger partial charge on any atom is 0.470 e. The third-order valence-electron chi connectivity index (χ3n) is 18.1. The summed E-state index contributed by atoms with van der Waals surface area (Å²) in [6.07, 6.45) is 24.9. The van der Waals surface area contributed by atoms with Crippen LogP contribution in [0.3, 0.4) is 0 Å². The Morgan fingerprint density at radius 1 is 0.459 bits per heavy atom. The van der Waals surface area contributed by atoms with Gasteiger partial charge in [0.05, 0.1) is 32.5 Å². The molecule has 1 fully saturated rings. The number of nitrogens with zero attached hydrogens (tertiary/aromatic N) is 1. The lowest BCUT2D eigenvalue weighted by molar-refractivity contribution is -0.272. The largest absolute Gasteiger partial charge is 0.470 e. The van der Waals surface area contributed by atoms with E-state index < -0.39 is 130 Å². The highest BCUT2D eigenvalue weighted by atomic mass is 31.2. The molecule has 0 bridgehead atoms. The summed E-state index contributed by atoms with van der Waals surface area (Å²) in [5.74, 6) is -4.97. The molecule has 0 aromatic carbocycles. The van der Waals surface area contributed by atoms with E-state index in [4.69, 9.17) is 38.7 Å². The van der Waals surface area contributed by atoms with E-state index in [9.17, 15) is 53.0 Å². The number of nitrogens with two attached hydrogens (primary N) is 1. The number of aliphatic hydroxyl groups is 1. The van der Waals surface area contributed by atoms with Crippen molar-refractivity contribution in [1.82, 2.24) is 15.5 Å². The first-order valence-electron chi connectivity index (χ1n) is 39.2. The lowest BCUT2D eigenvalue weighted by atomic mass is 9.95. The standard InChI is InChI=1S/C69H128N3O18P.C6H15N/c1-7-13-19-22-25-28-31-34-40-43-54(85-61(76)46-37-16-10-4)49-59(74)71-57(68(70)80)53-84-69-65(72-60(75)50-55(86-62(77)47-38-17-11-5)44-41-35-32-29-26-23-20-14-8-2)67(66(58(52-73)88-69)90-91(81,82)83)89-64(79)51-56(87-63(78)48-39-18-12-6)45-42-36-33-30-27-24-21-15-9-3;1-4-7(5-2)6-3/h54-58,65-67,69,73H,7-53H2,1-6H3,(H2,70,80)(H,71,74)(H,72,75)(H2,81,82,83);4-6H2,1-3H3/t54-,55-,56-,57+,58-,65-,66-,67-,69+;/m1./s1. The van der Waals surface area contributed by atoms with Gasteiger partial charge in [-0.25, -0.2) is 4.57 Å². The van der Waals surface area contributed by atoms with Crippen LogP contribution in [0.4, 0.5) is 0 Å². The van der Waals surface area contributed by atoms with E-state index in [0.29, 0.717) is 57.8 Å². The van der Waals surface area contributed by atoms with Crippen LogP contribution in [0, 0.1) is 0 Å². The molecule has 0 aliphatic carbocycles. The molecule has 9 atom stereocenters. The summed E-state index contributed by atoms with van der Waals surface area (Å²) in [6, 6.07) is -3.32. The first-order chi connectivity index (χ1) is 47.2. The van der Waals surface area contributed by atoms with Gasteiger partial charge in [0, 0.05) is 19.3 Å². The molecule has 0 saturated carbocycles. The molecule has 22 nitrogen and oxygen atoms in total. The van der Waals surface area contributed by atoms with Crippen molar-refractivity contribution in [3.8, 4) is 0 Å². The Hall–Kier alpha value is -3.76. The highest BCUT2D eigenvalue weighted by molar-refractivity contribution is 7.46. The third kappa shape index (κ3) is 51.4. The van der Waals surface area contributed by atoms with E-state index in [2.05, 4.69) is 57.1 Å². The number of aliphatic hydroxyl groups excluding tert-OH is 1. The van der Waals surface area contributed by atoms with Crippen molar-refractivity contribution in [3.63, 3.8) is 0 Å². The highest BCUT2D eigenvalue weighted by Gasteiger charge is 2.52. The average molecular weight is 1420 g/mol. The second-order valence-corrected chi connectivity index (χ2v) is 28.2. The molecule has 0 aromatic rings. The van der Waals surface area contributed by atoms with E-state index in [1.54, 1.807) is 0 Å². The van der Waals surface area contributed by atoms with Crippen molar-refractivity contribution in [3.05, 3.63) is 0 Å². The first kappa shape index (κ1) is 94.2. The summed E-state index contributed by atoms with van der Waals surface area (Å²) in [7, 11) is -5.53. The lowest BCUT2D eigenvalue weighted by Crippen LogP contribution is -2.67. The minimum atomic E-state index is -5.53. The molecule has 0 aromatic heterocycles. The third-order valence-corrected chi connectivity index (χ3v) is 18.6. The van der Waals surface area contributed by atoms with E-state index >= 15 is 0 Å². The van der Waals surface area contributed by atoms with Gasteiger partial charge in [0.15, 0.2) is 12.4 Å². The van der Waals surface area contributed by atoms with Crippen LogP contribution in [0.2, 0.25) is 0 Å². The van der Waals surface area contributed by atoms with Gasteiger partial charge in [0.1, 0.15) is 42.6 Å². The molecular formula is C75H143N4O18P. The van der Waals surface area contributed by atoms with Crippen molar-refractivity contribution in [2.75, 3.05) is 32.8 Å². The fraction of sp³-hybridized carbons (Fsp3) is 0.907. The highest BCUT2D eigenvalue weighted by Crippen LogP contribution is 2.42. The van der Waals surface area contributed by atoms with Gasteiger partial charge in [0.25, 0.3) is 0 Å². The Kier molecular flexibility index (Phi) is 60.6. The molecule has 3 amide bonds. The molecule has 98 heavy (non-hydrogen) atoms. The maximum atomic E-state index is 14.6. The van der Waals surface area contributed by atoms with Crippen LogP contribution in [0.5, 0.6) is 0 Å². The molecule has 1 saturated heterocycles. The van der Waals surface area contributed by atoms with Crippen LogP contribution in [0.15, 0.2) is 0 Å². The summed E-state index contributed by atoms with van der Waals surface area (Å²) in [4.78, 5) is 119.